The second-order valence-electron chi connectivity index (χ2n) is 7.60. The molecule has 4 rings (SSSR count). The highest BCUT2D eigenvalue weighted by atomic mass is 16.2. The van der Waals surface area contributed by atoms with Gasteiger partial charge in [-0.05, 0) is 59.7 Å². The van der Waals surface area contributed by atoms with Crippen LogP contribution in [0.2, 0.25) is 0 Å². The summed E-state index contributed by atoms with van der Waals surface area (Å²) in [6.45, 7) is 1.98. The number of amides is 2. The van der Waals surface area contributed by atoms with Gasteiger partial charge in [-0.3, -0.25) is 9.59 Å². The fourth-order valence-electron chi connectivity index (χ4n) is 3.59. The maximum Gasteiger partial charge on any atom is 0.255 e. The number of benzene rings is 4. The van der Waals surface area contributed by atoms with Crippen LogP contribution in [0.3, 0.4) is 0 Å². The lowest BCUT2D eigenvalue weighted by Gasteiger charge is -2.26. The zero-order valence-electron chi connectivity index (χ0n) is 17.6. The Hall–Kier alpha value is -3.92. The van der Waals surface area contributed by atoms with E-state index in [1.54, 1.807) is 24.1 Å². The molecule has 1 atom stereocenters. The Kier molecular flexibility index (Phi) is 5.80. The molecular weight excluding hydrogens is 384 g/mol. The molecule has 0 bridgehead atoms. The SMILES string of the molecule is CC(c1cccc(NC(=O)c2ccccc2)c1)N(C)C(=O)c1ccc2ccccc2c1. The number of fused-ring (bicyclic) bond motifs is 1. The largest absolute Gasteiger partial charge is 0.335 e. The standard InChI is InChI=1S/C27H24N2O2/c1-19(29(2)27(31)24-16-15-20-9-6-7-12-23(20)17-24)22-13-8-14-25(18-22)28-26(30)21-10-4-3-5-11-21/h3-19H,1-2H3,(H,28,30). The summed E-state index contributed by atoms with van der Waals surface area (Å²) in [6, 6.07) is 30.3. The average Bonchev–Trinajstić information content (AvgIpc) is 2.83. The zero-order valence-corrected chi connectivity index (χ0v) is 17.6. The predicted molar refractivity (Wildman–Crippen MR) is 125 cm³/mol. The third-order valence-electron chi connectivity index (χ3n) is 5.56. The van der Waals surface area contributed by atoms with Gasteiger partial charge in [0, 0.05) is 23.9 Å². The van der Waals surface area contributed by atoms with Gasteiger partial charge >= 0.3 is 0 Å². The van der Waals surface area contributed by atoms with Crippen LogP contribution in [-0.2, 0) is 0 Å². The van der Waals surface area contributed by atoms with Crippen LogP contribution in [0.4, 0.5) is 5.69 Å². The summed E-state index contributed by atoms with van der Waals surface area (Å²) >= 11 is 0. The van der Waals surface area contributed by atoms with Gasteiger partial charge in [-0.15, -0.1) is 0 Å². The maximum absolute atomic E-state index is 13.1. The highest BCUT2D eigenvalue weighted by molar-refractivity contribution is 6.04. The highest BCUT2D eigenvalue weighted by Crippen LogP contribution is 2.25. The number of carbonyl (C=O) groups is 2. The minimum Gasteiger partial charge on any atom is -0.335 e. The summed E-state index contributed by atoms with van der Waals surface area (Å²) in [5, 5.41) is 5.08. The molecule has 4 heteroatoms. The summed E-state index contributed by atoms with van der Waals surface area (Å²) in [5.41, 5.74) is 2.90. The van der Waals surface area contributed by atoms with Gasteiger partial charge in [-0.1, -0.05) is 60.7 Å². The van der Waals surface area contributed by atoms with E-state index in [9.17, 15) is 9.59 Å². The van der Waals surface area contributed by atoms with Crippen molar-refractivity contribution < 1.29 is 9.59 Å². The first-order valence-corrected chi connectivity index (χ1v) is 10.3. The van der Waals surface area contributed by atoms with Gasteiger partial charge in [0.05, 0.1) is 6.04 Å². The normalized spacial score (nSPS) is 11.7. The average molecular weight is 409 g/mol. The van der Waals surface area contributed by atoms with Crippen molar-refractivity contribution in [2.75, 3.05) is 12.4 Å². The Morgan fingerprint density at radius 2 is 1.45 bits per heavy atom. The van der Waals surface area contributed by atoms with Crippen LogP contribution in [0, 0.1) is 0 Å². The lowest BCUT2D eigenvalue weighted by atomic mass is 10.0. The number of nitrogens with zero attached hydrogens (tertiary/aromatic N) is 1. The summed E-state index contributed by atoms with van der Waals surface area (Å²) in [4.78, 5) is 27.3. The van der Waals surface area contributed by atoms with E-state index in [2.05, 4.69) is 5.32 Å². The van der Waals surface area contributed by atoms with Crippen molar-refractivity contribution in [3.8, 4) is 0 Å². The summed E-state index contributed by atoms with van der Waals surface area (Å²) < 4.78 is 0. The topological polar surface area (TPSA) is 49.4 Å². The Bertz CT molecular complexity index is 1230. The predicted octanol–water partition coefficient (Wildman–Crippen LogP) is 5.93. The molecule has 1 N–H and O–H groups in total. The van der Waals surface area contributed by atoms with Crippen LogP contribution in [0.5, 0.6) is 0 Å². The summed E-state index contributed by atoms with van der Waals surface area (Å²) in [6.07, 6.45) is 0. The highest BCUT2D eigenvalue weighted by Gasteiger charge is 2.19. The van der Waals surface area contributed by atoms with Gasteiger partial charge in [0.2, 0.25) is 0 Å². The van der Waals surface area contributed by atoms with Crippen molar-refractivity contribution in [2.24, 2.45) is 0 Å². The molecule has 0 aliphatic carbocycles. The van der Waals surface area contributed by atoms with Crippen molar-refractivity contribution in [2.45, 2.75) is 13.0 Å². The van der Waals surface area contributed by atoms with Gasteiger partial charge in [-0.25, -0.2) is 0 Å². The van der Waals surface area contributed by atoms with E-state index in [-0.39, 0.29) is 17.9 Å². The Balaban J connectivity index is 1.51. The lowest BCUT2D eigenvalue weighted by molar-refractivity contribution is 0.0742. The van der Waals surface area contributed by atoms with Crippen LogP contribution in [0.25, 0.3) is 10.8 Å². The first-order chi connectivity index (χ1) is 15.0. The molecule has 154 valence electrons. The van der Waals surface area contributed by atoms with Gasteiger partial charge in [0.25, 0.3) is 11.8 Å². The van der Waals surface area contributed by atoms with Gasteiger partial charge < -0.3 is 10.2 Å². The first kappa shape index (κ1) is 20.4. The third-order valence-corrected chi connectivity index (χ3v) is 5.56. The smallest absolute Gasteiger partial charge is 0.255 e. The zero-order chi connectivity index (χ0) is 21.8. The number of hydrogen-bond donors (Lipinski definition) is 1. The van der Waals surface area contributed by atoms with Crippen LogP contribution < -0.4 is 5.32 Å². The molecular formula is C27H24N2O2. The Morgan fingerprint density at radius 3 is 2.23 bits per heavy atom. The number of rotatable bonds is 5. The number of anilines is 1. The van der Waals surface area contributed by atoms with Crippen molar-refractivity contribution in [3.05, 3.63) is 114 Å². The molecule has 0 radical (unpaired) electrons. The van der Waals surface area contributed by atoms with E-state index >= 15 is 0 Å². The minimum absolute atomic E-state index is 0.0445. The second-order valence-corrected chi connectivity index (χ2v) is 7.60. The van der Waals surface area contributed by atoms with Crippen LogP contribution in [0.1, 0.15) is 39.2 Å². The minimum atomic E-state index is -0.161. The Morgan fingerprint density at radius 1 is 0.742 bits per heavy atom. The molecule has 2 amide bonds. The van der Waals surface area contributed by atoms with E-state index in [0.717, 1.165) is 16.3 Å². The van der Waals surface area contributed by atoms with Crippen molar-refractivity contribution in [1.29, 1.82) is 0 Å². The quantitative estimate of drug-likeness (QED) is 0.445. The Labute approximate surface area is 182 Å². The number of carbonyl (C=O) groups excluding carboxylic acids is 2. The lowest BCUT2D eigenvalue weighted by Crippen LogP contribution is -2.29. The molecule has 0 aliphatic heterocycles. The van der Waals surface area contributed by atoms with Crippen molar-refractivity contribution >= 4 is 28.3 Å². The van der Waals surface area contributed by atoms with Crippen LogP contribution >= 0.6 is 0 Å². The first-order valence-electron chi connectivity index (χ1n) is 10.3. The fourth-order valence-corrected chi connectivity index (χ4v) is 3.59. The third kappa shape index (κ3) is 4.48. The fraction of sp³-hybridized carbons (Fsp3) is 0.111. The molecule has 4 aromatic carbocycles. The van der Waals surface area contributed by atoms with Crippen molar-refractivity contribution in [3.63, 3.8) is 0 Å². The van der Waals surface area contributed by atoms with E-state index < -0.39 is 0 Å². The molecule has 4 nitrogen and oxygen atoms in total. The van der Waals surface area contributed by atoms with Gasteiger partial charge in [-0.2, -0.15) is 0 Å². The van der Waals surface area contributed by atoms with Crippen LogP contribution in [-0.4, -0.2) is 23.8 Å². The monoisotopic (exact) mass is 408 g/mol. The molecule has 0 spiro atoms. The van der Waals surface area contributed by atoms with Gasteiger partial charge in [0.15, 0.2) is 0 Å². The van der Waals surface area contributed by atoms with E-state index in [1.165, 1.54) is 0 Å². The van der Waals surface area contributed by atoms with E-state index in [4.69, 9.17) is 0 Å². The summed E-state index contributed by atoms with van der Waals surface area (Å²) in [5.74, 6) is -0.206. The molecule has 4 aromatic rings. The second kappa shape index (κ2) is 8.84. The maximum atomic E-state index is 13.1. The molecule has 0 saturated carbocycles. The number of hydrogen-bond acceptors (Lipinski definition) is 2. The number of nitrogens with one attached hydrogen (secondary N) is 1. The molecule has 0 heterocycles. The molecule has 0 aliphatic rings. The van der Waals surface area contributed by atoms with Crippen LogP contribution in [0.15, 0.2) is 97.1 Å². The van der Waals surface area contributed by atoms with Crippen molar-refractivity contribution in [1.82, 2.24) is 4.90 Å². The molecule has 0 fully saturated rings. The van der Waals surface area contributed by atoms with E-state index in [0.29, 0.717) is 16.8 Å². The van der Waals surface area contributed by atoms with E-state index in [1.807, 2.05) is 91.9 Å². The molecule has 0 aromatic heterocycles. The molecule has 1 unspecified atom stereocenters. The molecule has 0 saturated heterocycles. The molecule has 31 heavy (non-hydrogen) atoms. The summed E-state index contributed by atoms with van der Waals surface area (Å²) in [7, 11) is 1.80. The van der Waals surface area contributed by atoms with Gasteiger partial charge in [0.1, 0.15) is 0 Å².